The zero-order chi connectivity index (χ0) is 13.1. The summed E-state index contributed by atoms with van der Waals surface area (Å²) in [5.74, 6) is 0.147. The molecule has 0 aliphatic carbocycles. The number of hydrogen-bond acceptors (Lipinski definition) is 4. The number of amides is 1. The van der Waals surface area contributed by atoms with Crippen LogP contribution in [0.25, 0.3) is 0 Å². The number of thioether (sulfide) groups is 1. The SMILES string of the molecule is CC(C)(C)SCC(=O)Nc1c(Cl)ncnc1Cl. The maximum atomic E-state index is 11.7. The predicted octanol–water partition coefficient (Wildman–Crippen LogP) is 3.25. The second-order valence-electron chi connectivity index (χ2n) is 4.28. The number of anilines is 1. The quantitative estimate of drug-likeness (QED) is 0.869. The highest BCUT2D eigenvalue weighted by molar-refractivity contribution is 8.01. The van der Waals surface area contributed by atoms with E-state index in [9.17, 15) is 4.79 Å². The van der Waals surface area contributed by atoms with Crippen LogP contribution in [0.3, 0.4) is 0 Å². The molecule has 7 heteroatoms. The fourth-order valence-corrected chi connectivity index (χ4v) is 1.95. The van der Waals surface area contributed by atoms with Gasteiger partial charge in [-0.15, -0.1) is 11.8 Å². The van der Waals surface area contributed by atoms with Crippen molar-refractivity contribution in [3.63, 3.8) is 0 Å². The van der Waals surface area contributed by atoms with E-state index in [0.29, 0.717) is 5.75 Å². The smallest absolute Gasteiger partial charge is 0.234 e. The summed E-state index contributed by atoms with van der Waals surface area (Å²) in [6, 6.07) is 0. The van der Waals surface area contributed by atoms with Crippen LogP contribution in [0, 0.1) is 0 Å². The first kappa shape index (κ1) is 14.5. The predicted molar refractivity (Wildman–Crippen MR) is 72.9 cm³/mol. The van der Waals surface area contributed by atoms with Crippen LogP contribution in [-0.4, -0.2) is 26.4 Å². The van der Waals surface area contributed by atoms with Gasteiger partial charge < -0.3 is 5.32 Å². The van der Waals surface area contributed by atoms with E-state index in [4.69, 9.17) is 23.2 Å². The molecule has 0 bridgehead atoms. The number of hydrogen-bond donors (Lipinski definition) is 1. The van der Waals surface area contributed by atoms with Gasteiger partial charge in [0.15, 0.2) is 10.3 Å². The molecule has 0 unspecified atom stereocenters. The Morgan fingerprint density at radius 2 is 1.88 bits per heavy atom. The molecule has 1 rings (SSSR count). The zero-order valence-corrected chi connectivity index (χ0v) is 12.1. The maximum Gasteiger partial charge on any atom is 0.234 e. The summed E-state index contributed by atoms with van der Waals surface area (Å²) < 4.78 is 0.0259. The monoisotopic (exact) mass is 293 g/mol. The summed E-state index contributed by atoms with van der Waals surface area (Å²) in [5.41, 5.74) is 0.260. The van der Waals surface area contributed by atoms with E-state index in [1.807, 2.05) is 20.8 Å². The van der Waals surface area contributed by atoms with Crippen molar-refractivity contribution in [1.82, 2.24) is 9.97 Å². The minimum absolute atomic E-state index is 0.0259. The molecule has 0 fully saturated rings. The Balaban J connectivity index is 2.63. The summed E-state index contributed by atoms with van der Waals surface area (Å²) >= 11 is 13.1. The highest BCUT2D eigenvalue weighted by Gasteiger charge is 2.16. The Bertz CT molecular complexity index is 400. The first-order valence-electron chi connectivity index (χ1n) is 4.89. The van der Waals surface area contributed by atoms with E-state index in [-0.39, 0.29) is 26.6 Å². The zero-order valence-electron chi connectivity index (χ0n) is 9.75. The van der Waals surface area contributed by atoms with Gasteiger partial charge in [-0.3, -0.25) is 4.79 Å². The van der Waals surface area contributed by atoms with Crippen LogP contribution in [0.1, 0.15) is 20.8 Å². The number of aromatic nitrogens is 2. The molecule has 4 nitrogen and oxygen atoms in total. The highest BCUT2D eigenvalue weighted by atomic mass is 35.5. The maximum absolute atomic E-state index is 11.7. The van der Waals surface area contributed by atoms with Crippen molar-refractivity contribution in [2.75, 3.05) is 11.1 Å². The van der Waals surface area contributed by atoms with E-state index in [2.05, 4.69) is 15.3 Å². The molecule has 0 spiro atoms. The van der Waals surface area contributed by atoms with Gasteiger partial charge >= 0.3 is 0 Å². The van der Waals surface area contributed by atoms with Gasteiger partial charge in [0.1, 0.15) is 12.0 Å². The number of carbonyl (C=O) groups excluding carboxylic acids is 1. The average Bonchev–Trinajstić information content (AvgIpc) is 2.20. The summed E-state index contributed by atoms with van der Waals surface area (Å²) in [6.45, 7) is 6.11. The number of nitrogens with zero attached hydrogens (tertiary/aromatic N) is 2. The third-order valence-corrected chi connectivity index (χ3v) is 3.50. The van der Waals surface area contributed by atoms with Crippen molar-refractivity contribution >= 4 is 46.6 Å². The van der Waals surface area contributed by atoms with Crippen LogP contribution < -0.4 is 5.32 Å². The molecule has 1 aromatic rings. The van der Waals surface area contributed by atoms with Gasteiger partial charge in [-0.25, -0.2) is 9.97 Å². The lowest BCUT2D eigenvalue weighted by molar-refractivity contribution is -0.113. The third-order valence-electron chi connectivity index (χ3n) is 1.66. The van der Waals surface area contributed by atoms with Crippen LogP contribution in [0.2, 0.25) is 10.3 Å². The number of carbonyl (C=O) groups is 1. The highest BCUT2D eigenvalue weighted by Crippen LogP contribution is 2.27. The first-order valence-corrected chi connectivity index (χ1v) is 6.63. The van der Waals surface area contributed by atoms with Gasteiger partial charge in [-0.05, 0) is 0 Å². The molecule has 1 amide bonds. The minimum Gasteiger partial charge on any atom is -0.320 e. The van der Waals surface area contributed by atoms with Crippen molar-refractivity contribution in [2.24, 2.45) is 0 Å². The molecule has 0 aromatic carbocycles. The second-order valence-corrected chi connectivity index (χ2v) is 6.80. The topological polar surface area (TPSA) is 54.9 Å². The lowest BCUT2D eigenvalue weighted by Gasteiger charge is -2.17. The Kier molecular flexibility index (Phi) is 5.04. The number of halogens is 2. The number of nitrogens with one attached hydrogen (secondary N) is 1. The molecule has 0 aliphatic rings. The molecule has 1 N–H and O–H groups in total. The van der Waals surface area contributed by atoms with Crippen LogP contribution >= 0.6 is 35.0 Å². The minimum atomic E-state index is -0.177. The van der Waals surface area contributed by atoms with Crippen molar-refractivity contribution in [3.8, 4) is 0 Å². The normalized spacial score (nSPS) is 11.4. The van der Waals surface area contributed by atoms with E-state index in [1.54, 1.807) is 0 Å². The summed E-state index contributed by atoms with van der Waals surface area (Å²) in [7, 11) is 0. The molecule has 0 saturated carbocycles. The van der Waals surface area contributed by atoms with Crippen LogP contribution in [0.4, 0.5) is 5.69 Å². The molecule has 17 heavy (non-hydrogen) atoms. The van der Waals surface area contributed by atoms with Gasteiger partial charge in [-0.1, -0.05) is 44.0 Å². The van der Waals surface area contributed by atoms with Crippen molar-refractivity contribution in [3.05, 3.63) is 16.6 Å². The Hall–Kier alpha value is -0.520. The average molecular weight is 294 g/mol. The molecular formula is C10H13Cl2N3OS. The molecule has 94 valence electrons. The van der Waals surface area contributed by atoms with Crippen molar-refractivity contribution < 1.29 is 4.79 Å². The second kappa shape index (κ2) is 5.89. The molecule has 1 aromatic heterocycles. The molecule has 0 aliphatic heterocycles. The van der Waals surface area contributed by atoms with E-state index < -0.39 is 0 Å². The number of rotatable bonds is 3. The van der Waals surface area contributed by atoms with Gasteiger partial charge in [-0.2, -0.15) is 0 Å². The standard InChI is InChI=1S/C10H13Cl2N3OS/c1-10(2,3)17-4-6(16)15-7-8(11)13-5-14-9(7)12/h5H,4H2,1-3H3,(H,15,16). The lowest BCUT2D eigenvalue weighted by Crippen LogP contribution is -2.19. The third kappa shape index (κ3) is 5.10. The molecular weight excluding hydrogens is 281 g/mol. The Morgan fingerprint density at radius 3 is 2.35 bits per heavy atom. The molecule has 0 radical (unpaired) electrons. The lowest BCUT2D eigenvalue weighted by atomic mass is 10.3. The van der Waals surface area contributed by atoms with E-state index in [1.165, 1.54) is 18.1 Å². The van der Waals surface area contributed by atoms with Crippen LogP contribution in [0.15, 0.2) is 6.33 Å². The van der Waals surface area contributed by atoms with E-state index >= 15 is 0 Å². The fourth-order valence-electron chi connectivity index (χ4n) is 0.905. The van der Waals surface area contributed by atoms with E-state index in [0.717, 1.165) is 0 Å². The first-order chi connectivity index (χ1) is 7.79. The molecule has 0 atom stereocenters. The van der Waals surface area contributed by atoms with Gasteiger partial charge in [0, 0.05) is 4.75 Å². The van der Waals surface area contributed by atoms with Gasteiger partial charge in [0.2, 0.25) is 5.91 Å². The molecule has 1 heterocycles. The summed E-state index contributed by atoms with van der Waals surface area (Å²) in [4.78, 5) is 19.2. The van der Waals surface area contributed by atoms with Gasteiger partial charge in [0.25, 0.3) is 0 Å². The summed E-state index contributed by atoms with van der Waals surface area (Å²) in [6.07, 6.45) is 1.24. The fraction of sp³-hybridized carbons (Fsp3) is 0.500. The van der Waals surface area contributed by atoms with Crippen LogP contribution in [0.5, 0.6) is 0 Å². The Labute approximate surface area is 115 Å². The van der Waals surface area contributed by atoms with Crippen molar-refractivity contribution in [1.29, 1.82) is 0 Å². The largest absolute Gasteiger partial charge is 0.320 e. The van der Waals surface area contributed by atoms with Crippen LogP contribution in [-0.2, 0) is 4.79 Å². The van der Waals surface area contributed by atoms with Crippen molar-refractivity contribution in [2.45, 2.75) is 25.5 Å². The summed E-state index contributed by atoms with van der Waals surface area (Å²) in [5, 5.41) is 2.88. The van der Waals surface area contributed by atoms with Gasteiger partial charge in [0.05, 0.1) is 5.75 Å². The Morgan fingerprint density at radius 1 is 1.35 bits per heavy atom. The molecule has 0 saturated heterocycles.